The Balaban J connectivity index is 2.95. The highest BCUT2D eigenvalue weighted by molar-refractivity contribution is 7.89. The van der Waals surface area contributed by atoms with Crippen LogP contribution in [0.5, 0.6) is 0 Å². The van der Waals surface area contributed by atoms with Gasteiger partial charge in [0.1, 0.15) is 10.7 Å². The van der Waals surface area contributed by atoms with E-state index < -0.39 is 10.0 Å². The van der Waals surface area contributed by atoms with Crippen molar-refractivity contribution in [1.29, 1.82) is 0 Å². The monoisotopic (exact) mass is 315 g/mol. The third-order valence-electron chi connectivity index (χ3n) is 3.11. The van der Waals surface area contributed by atoms with Gasteiger partial charge in [0.2, 0.25) is 10.0 Å². The molecule has 0 aliphatic rings. The molecule has 0 spiro atoms. The summed E-state index contributed by atoms with van der Waals surface area (Å²) in [6.07, 6.45) is 2.38. The lowest BCUT2D eigenvalue weighted by atomic mass is 10.4. The third-order valence-corrected chi connectivity index (χ3v) is 5.18. The summed E-state index contributed by atoms with van der Waals surface area (Å²) in [4.78, 5) is 4.36. The van der Waals surface area contributed by atoms with Crippen LogP contribution in [0.15, 0.2) is 23.2 Å². The molecule has 6 nitrogen and oxygen atoms in total. The molecular weight excluding hydrogens is 290 g/mol. The first-order chi connectivity index (χ1) is 9.97. The number of nitrogens with zero attached hydrogens (tertiary/aromatic N) is 2. The zero-order valence-electron chi connectivity index (χ0n) is 13.2. The molecule has 1 heterocycles. The fraction of sp³-hybridized carbons (Fsp3) is 0.643. The van der Waals surface area contributed by atoms with Gasteiger partial charge in [0, 0.05) is 32.4 Å². The van der Waals surface area contributed by atoms with E-state index in [1.807, 2.05) is 13.8 Å². The van der Waals surface area contributed by atoms with Crippen LogP contribution in [-0.4, -0.2) is 50.6 Å². The van der Waals surface area contributed by atoms with E-state index in [0.29, 0.717) is 19.0 Å². The summed E-state index contributed by atoms with van der Waals surface area (Å²) in [5, 5.41) is 3.12. The van der Waals surface area contributed by atoms with E-state index >= 15 is 0 Å². The van der Waals surface area contributed by atoms with Gasteiger partial charge in [-0.15, -0.1) is 0 Å². The van der Waals surface area contributed by atoms with E-state index in [0.717, 1.165) is 13.0 Å². The van der Waals surface area contributed by atoms with Gasteiger partial charge >= 0.3 is 0 Å². The number of rotatable bonds is 9. The fourth-order valence-electron chi connectivity index (χ4n) is 2.07. The van der Waals surface area contributed by atoms with E-state index in [4.69, 9.17) is 4.74 Å². The lowest BCUT2D eigenvalue weighted by Crippen LogP contribution is -2.40. The first-order valence-corrected chi connectivity index (χ1v) is 8.62. The fourth-order valence-corrected chi connectivity index (χ4v) is 3.64. The van der Waals surface area contributed by atoms with Crippen LogP contribution in [0, 0.1) is 0 Å². The summed E-state index contributed by atoms with van der Waals surface area (Å²) in [6.45, 7) is 7.26. The molecule has 120 valence electrons. The molecule has 0 radical (unpaired) electrons. The zero-order valence-corrected chi connectivity index (χ0v) is 14.0. The van der Waals surface area contributed by atoms with Crippen LogP contribution in [-0.2, 0) is 14.8 Å². The van der Waals surface area contributed by atoms with Gasteiger partial charge in [0.05, 0.1) is 6.61 Å². The average Bonchev–Trinajstić information content (AvgIpc) is 2.46. The van der Waals surface area contributed by atoms with Crippen molar-refractivity contribution in [2.75, 3.05) is 32.1 Å². The van der Waals surface area contributed by atoms with Gasteiger partial charge in [-0.2, -0.15) is 4.31 Å². The summed E-state index contributed by atoms with van der Waals surface area (Å²) in [5.74, 6) is 0.684. The molecule has 1 unspecified atom stereocenters. The third kappa shape index (κ3) is 4.66. The normalized spacial score (nSPS) is 13.4. The van der Waals surface area contributed by atoms with Crippen molar-refractivity contribution < 1.29 is 13.2 Å². The SMILES string of the molecule is CCCNc1ccc(S(=O)(=O)N(CC)C(C)COC)cn1. The average molecular weight is 315 g/mol. The highest BCUT2D eigenvalue weighted by atomic mass is 32.2. The second kappa shape index (κ2) is 8.31. The van der Waals surface area contributed by atoms with Crippen LogP contribution in [0.25, 0.3) is 0 Å². The van der Waals surface area contributed by atoms with Gasteiger partial charge in [-0.1, -0.05) is 13.8 Å². The van der Waals surface area contributed by atoms with Crippen molar-refractivity contribution in [3.63, 3.8) is 0 Å². The summed E-state index contributed by atoms with van der Waals surface area (Å²) in [6, 6.07) is 3.06. The van der Waals surface area contributed by atoms with Crippen LogP contribution in [0.3, 0.4) is 0 Å². The standard InChI is InChI=1S/C14H25N3O3S/c1-5-9-15-14-8-7-13(10-16-14)21(18,19)17(6-2)12(3)11-20-4/h7-8,10,12H,5-6,9,11H2,1-4H3,(H,15,16). The van der Waals surface area contributed by atoms with Crippen molar-refractivity contribution in [3.05, 3.63) is 18.3 Å². The van der Waals surface area contributed by atoms with E-state index in [2.05, 4.69) is 17.2 Å². The molecule has 0 aliphatic heterocycles. The Morgan fingerprint density at radius 3 is 2.57 bits per heavy atom. The van der Waals surface area contributed by atoms with Crippen LogP contribution in [0.2, 0.25) is 0 Å². The molecule has 0 fully saturated rings. The van der Waals surface area contributed by atoms with Crippen molar-refractivity contribution in [3.8, 4) is 0 Å². The van der Waals surface area contributed by atoms with Crippen LogP contribution < -0.4 is 5.32 Å². The largest absolute Gasteiger partial charge is 0.383 e. The predicted octanol–water partition coefficient (Wildman–Crippen LogP) is 1.95. The predicted molar refractivity (Wildman–Crippen MR) is 83.9 cm³/mol. The minimum Gasteiger partial charge on any atom is -0.383 e. The van der Waals surface area contributed by atoms with Gasteiger partial charge in [0.15, 0.2) is 0 Å². The van der Waals surface area contributed by atoms with Gasteiger partial charge in [0.25, 0.3) is 0 Å². The molecule has 0 aliphatic carbocycles. The van der Waals surface area contributed by atoms with Gasteiger partial charge in [-0.25, -0.2) is 13.4 Å². The first-order valence-electron chi connectivity index (χ1n) is 7.18. The topological polar surface area (TPSA) is 71.5 Å². The van der Waals surface area contributed by atoms with E-state index in [1.54, 1.807) is 19.2 Å². The number of hydrogen-bond acceptors (Lipinski definition) is 5. The van der Waals surface area contributed by atoms with Crippen LogP contribution >= 0.6 is 0 Å². The number of methoxy groups -OCH3 is 1. The van der Waals surface area contributed by atoms with Crippen molar-refractivity contribution in [1.82, 2.24) is 9.29 Å². The van der Waals surface area contributed by atoms with E-state index in [-0.39, 0.29) is 10.9 Å². The molecule has 0 amide bonds. The summed E-state index contributed by atoms with van der Waals surface area (Å²) in [5.41, 5.74) is 0. The van der Waals surface area contributed by atoms with Crippen LogP contribution in [0.4, 0.5) is 5.82 Å². The Bertz CT molecular complexity index is 517. The Morgan fingerprint density at radius 1 is 1.38 bits per heavy atom. The Kier molecular flexibility index (Phi) is 7.07. The summed E-state index contributed by atoms with van der Waals surface area (Å²) < 4.78 is 31.7. The molecular formula is C14H25N3O3S. The second-order valence-electron chi connectivity index (χ2n) is 4.82. The van der Waals surface area contributed by atoms with Crippen molar-refractivity contribution >= 4 is 15.8 Å². The number of likely N-dealkylation sites (N-methyl/N-ethyl adjacent to an activating group) is 1. The maximum atomic E-state index is 12.6. The number of hydrogen-bond donors (Lipinski definition) is 1. The Hall–Kier alpha value is -1.18. The van der Waals surface area contributed by atoms with Crippen molar-refractivity contribution in [2.45, 2.75) is 38.1 Å². The molecule has 0 saturated heterocycles. The minimum atomic E-state index is -3.55. The number of aromatic nitrogens is 1. The maximum Gasteiger partial charge on any atom is 0.244 e. The smallest absolute Gasteiger partial charge is 0.244 e. The highest BCUT2D eigenvalue weighted by Crippen LogP contribution is 2.18. The Labute approximate surface area is 127 Å². The molecule has 0 bridgehead atoms. The van der Waals surface area contributed by atoms with Crippen LogP contribution in [0.1, 0.15) is 27.2 Å². The van der Waals surface area contributed by atoms with E-state index in [9.17, 15) is 8.42 Å². The minimum absolute atomic E-state index is 0.203. The molecule has 1 atom stereocenters. The molecule has 0 saturated carbocycles. The molecule has 0 aromatic carbocycles. The number of sulfonamides is 1. The van der Waals surface area contributed by atoms with Crippen molar-refractivity contribution in [2.24, 2.45) is 0 Å². The molecule has 1 rings (SSSR count). The molecule has 21 heavy (non-hydrogen) atoms. The summed E-state index contributed by atoms with van der Waals surface area (Å²) in [7, 11) is -1.98. The number of pyridine rings is 1. The molecule has 1 aromatic rings. The summed E-state index contributed by atoms with van der Waals surface area (Å²) >= 11 is 0. The molecule has 7 heteroatoms. The molecule has 1 aromatic heterocycles. The zero-order chi connectivity index (χ0) is 15.9. The highest BCUT2D eigenvalue weighted by Gasteiger charge is 2.27. The lowest BCUT2D eigenvalue weighted by Gasteiger charge is -2.26. The second-order valence-corrected chi connectivity index (χ2v) is 6.71. The number of anilines is 1. The lowest BCUT2D eigenvalue weighted by molar-refractivity contribution is 0.142. The number of nitrogens with one attached hydrogen (secondary N) is 1. The van der Waals surface area contributed by atoms with Gasteiger partial charge < -0.3 is 10.1 Å². The molecule has 1 N–H and O–H groups in total. The quantitative estimate of drug-likeness (QED) is 0.754. The van der Waals surface area contributed by atoms with Gasteiger partial charge in [-0.05, 0) is 25.5 Å². The first kappa shape index (κ1) is 17.9. The maximum absolute atomic E-state index is 12.6. The number of ether oxygens (including phenoxy) is 1. The van der Waals surface area contributed by atoms with E-state index in [1.165, 1.54) is 10.5 Å². The Morgan fingerprint density at radius 2 is 2.10 bits per heavy atom. The van der Waals surface area contributed by atoms with Gasteiger partial charge in [-0.3, -0.25) is 0 Å².